The molecular formula is C17H32N2O. The molecule has 3 heteroatoms. The Morgan fingerprint density at radius 3 is 2.00 bits per heavy atom. The van der Waals surface area contributed by atoms with E-state index in [0.29, 0.717) is 12.3 Å². The van der Waals surface area contributed by atoms with E-state index in [4.69, 9.17) is 0 Å². The maximum Gasteiger partial charge on any atom is 0.223 e. The smallest absolute Gasteiger partial charge is 0.223 e. The number of likely N-dealkylation sites (tertiary alicyclic amines) is 2. The third kappa shape index (κ3) is 4.76. The van der Waals surface area contributed by atoms with Crippen molar-refractivity contribution in [1.29, 1.82) is 0 Å². The second-order valence-corrected chi connectivity index (χ2v) is 7.80. The van der Waals surface area contributed by atoms with Crippen molar-refractivity contribution in [2.24, 2.45) is 5.41 Å². The van der Waals surface area contributed by atoms with Crippen molar-refractivity contribution in [2.45, 2.75) is 71.8 Å². The van der Waals surface area contributed by atoms with E-state index in [0.717, 1.165) is 19.1 Å². The van der Waals surface area contributed by atoms with Gasteiger partial charge in [0.15, 0.2) is 0 Å². The molecule has 3 nitrogen and oxygen atoms in total. The van der Waals surface area contributed by atoms with Crippen LogP contribution in [0.25, 0.3) is 0 Å². The van der Waals surface area contributed by atoms with Gasteiger partial charge < -0.3 is 9.80 Å². The number of carbonyl (C=O) groups is 1. The molecule has 0 aliphatic carbocycles. The van der Waals surface area contributed by atoms with Gasteiger partial charge >= 0.3 is 0 Å². The number of piperidine rings is 1. The van der Waals surface area contributed by atoms with E-state index in [1.807, 2.05) is 0 Å². The highest BCUT2D eigenvalue weighted by atomic mass is 16.2. The minimum absolute atomic E-state index is 0.110. The predicted octanol–water partition coefficient (Wildman–Crippen LogP) is 3.29. The Hall–Kier alpha value is -0.570. The fraction of sp³-hybridized carbons (Fsp3) is 0.941. The highest BCUT2D eigenvalue weighted by Crippen LogP contribution is 2.24. The molecule has 0 atom stereocenters. The van der Waals surface area contributed by atoms with E-state index >= 15 is 0 Å². The molecule has 0 spiro atoms. The van der Waals surface area contributed by atoms with Gasteiger partial charge in [-0.3, -0.25) is 4.79 Å². The Labute approximate surface area is 124 Å². The van der Waals surface area contributed by atoms with Crippen LogP contribution in [-0.2, 0) is 4.79 Å². The molecule has 0 aromatic rings. The van der Waals surface area contributed by atoms with Gasteiger partial charge in [0.1, 0.15) is 0 Å². The molecule has 2 heterocycles. The van der Waals surface area contributed by atoms with Gasteiger partial charge in [0.25, 0.3) is 0 Å². The van der Waals surface area contributed by atoms with Gasteiger partial charge in [0, 0.05) is 25.6 Å². The van der Waals surface area contributed by atoms with Gasteiger partial charge in [-0.25, -0.2) is 0 Å². The van der Waals surface area contributed by atoms with Crippen LogP contribution in [0.3, 0.4) is 0 Å². The third-order valence-corrected chi connectivity index (χ3v) is 4.66. The van der Waals surface area contributed by atoms with Gasteiger partial charge in [-0.1, -0.05) is 33.6 Å². The lowest BCUT2D eigenvalue weighted by Crippen LogP contribution is -2.47. The monoisotopic (exact) mass is 280 g/mol. The zero-order chi connectivity index (χ0) is 14.6. The number of hydrogen-bond acceptors (Lipinski definition) is 2. The van der Waals surface area contributed by atoms with Crippen molar-refractivity contribution in [3.05, 3.63) is 0 Å². The number of amides is 1. The fourth-order valence-electron chi connectivity index (χ4n) is 3.51. The second-order valence-electron chi connectivity index (χ2n) is 7.80. The Kier molecular flexibility index (Phi) is 5.48. The first-order valence-electron chi connectivity index (χ1n) is 8.47. The summed E-state index contributed by atoms with van der Waals surface area (Å²) in [4.78, 5) is 17.1. The van der Waals surface area contributed by atoms with Crippen LogP contribution >= 0.6 is 0 Å². The van der Waals surface area contributed by atoms with Gasteiger partial charge in [0.2, 0.25) is 5.91 Å². The summed E-state index contributed by atoms with van der Waals surface area (Å²) >= 11 is 0. The van der Waals surface area contributed by atoms with E-state index < -0.39 is 0 Å². The molecule has 20 heavy (non-hydrogen) atoms. The Morgan fingerprint density at radius 2 is 1.50 bits per heavy atom. The minimum atomic E-state index is 0.110. The summed E-state index contributed by atoms with van der Waals surface area (Å²) in [5.74, 6) is 0.354. The third-order valence-electron chi connectivity index (χ3n) is 4.66. The summed E-state index contributed by atoms with van der Waals surface area (Å²) in [6, 6.07) is 0.729. The molecule has 0 aromatic heterocycles. The molecule has 2 rings (SSSR count). The average molecular weight is 280 g/mol. The maximum atomic E-state index is 12.3. The summed E-state index contributed by atoms with van der Waals surface area (Å²) in [5, 5.41) is 0. The van der Waals surface area contributed by atoms with Crippen LogP contribution in [0.5, 0.6) is 0 Å². The SMILES string of the molecule is CC(C)(C)CC(=O)N1CCC(N2CCCCCC2)CC1. The highest BCUT2D eigenvalue weighted by molar-refractivity contribution is 5.76. The van der Waals surface area contributed by atoms with E-state index in [1.165, 1.54) is 51.6 Å². The predicted molar refractivity (Wildman–Crippen MR) is 83.7 cm³/mol. The van der Waals surface area contributed by atoms with Crippen molar-refractivity contribution in [3.8, 4) is 0 Å². The van der Waals surface area contributed by atoms with Crippen LogP contribution in [0, 0.1) is 5.41 Å². The minimum Gasteiger partial charge on any atom is -0.343 e. The summed E-state index contributed by atoms with van der Waals surface area (Å²) in [5.41, 5.74) is 0.110. The van der Waals surface area contributed by atoms with Crippen LogP contribution in [0.2, 0.25) is 0 Å². The topological polar surface area (TPSA) is 23.6 Å². The van der Waals surface area contributed by atoms with Crippen LogP contribution < -0.4 is 0 Å². The summed E-state index contributed by atoms with van der Waals surface area (Å²) in [7, 11) is 0. The summed E-state index contributed by atoms with van der Waals surface area (Å²) < 4.78 is 0. The molecule has 0 N–H and O–H groups in total. The highest BCUT2D eigenvalue weighted by Gasteiger charge is 2.28. The first kappa shape index (κ1) is 15.8. The maximum absolute atomic E-state index is 12.3. The van der Waals surface area contributed by atoms with Crippen LogP contribution in [0.4, 0.5) is 0 Å². The molecule has 0 saturated carbocycles. The lowest BCUT2D eigenvalue weighted by Gasteiger charge is -2.39. The Bertz CT molecular complexity index is 305. The van der Waals surface area contributed by atoms with Crippen LogP contribution in [-0.4, -0.2) is 47.9 Å². The number of nitrogens with zero attached hydrogens (tertiary/aromatic N) is 2. The van der Waals surface area contributed by atoms with E-state index in [9.17, 15) is 4.79 Å². The standard InChI is InChI=1S/C17H32N2O/c1-17(2,3)14-16(20)19-12-8-15(9-13-19)18-10-6-4-5-7-11-18/h15H,4-14H2,1-3H3. The molecule has 0 radical (unpaired) electrons. The molecule has 2 saturated heterocycles. The molecule has 1 amide bonds. The average Bonchev–Trinajstić information content (AvgIpc) is 2.66. The molecule has 2 aliphatic rings. The molecule has 0 aromatic carbocycles. The Balaban J connectivity index is 1.78. The first-order valence-corrected chi connectivity index (χ1v) is 8.47. The van der Waals surface area contributed by atoms with Crippen molar-refractivity contribution in [2.75, 3.05) is 26.2 Å². The van der Waals surface area contributed by atoms with Crippen molar-refractivity contribution in [1.82, 2.24) is 9.80 Å². The van der Waals surface area contributed by atoms with Gasteiger partial charge in [-0.15, -0.1) is 0 Å². The second kappa shape index (κ2) is 6.93. The van der Waals surface area contributed by atoms with Gasteiger partial charge in [-0.2, -0.15) is 0 Å². The molecule has 0 bridgehead atoms. The largest absolute Gasteiger partial charge is 0.343 e. The number of hydrogen-bond donors (Lipinski definition) is 0. The lowest BCUT2D eigenvalue weighted by atomic mass is 9.91. The molecule has 0 unspecified atom stereocenters. The zero-order valence-corrected chi connectivity index (χ0v) is 13.7. The lowest BCUT2D eigenvalue weighted by molar-refractivity contribution is -0.134. The van der Waals surface area contributed by atoms with Crippen molar-refractivity contribution < 1.29 is 4.79 Å². The first-order chi connectivity index (χ1) is 9.46. The van der Waals surface area contributed by atoms with Gasteiger partial charge in [-0.05, 0) is 44.2 Å². The van der Waals surface area contributed by atoms with Crippen molar-refractivity contribution >= 4 is 5.91 Å². The zero-order valence-electron chi connectivity index (χ0n) is 13.7. The normalized spacial score (nSPS) is 23.6. The Morgan fingerprint density at radius 1 is 0.950 bits per heavy atom. The molecule has 2 aliphatic heterocycles. The van der Waals surface area contributed by atoms with E-state index in [-0.39, 0.29) is 5.41 Å². The molecular weight excluding hydrogens is 248 g/mol. The van der Waals surface area contributed by atoms with Crippen LogP contribution in [0.1, 0.15) is 65.7 Å². The van der Waals surface area contributed by atoms with Crippen LogP contribution in [0.15, 0.2) is 0 Å². The fourth-order valence-corrected chi connectivity index (χ4v) is 3.51. The summed E-state index contributed by atoms with van der Waals surface area (Å²) in [6.45, 7) is 10.9. The number of rotatable bonds is 2. The number of carbonyl (C=O) groups excluding carboxylic acids is 1. The van der Waals surface area contributed by atoms with E-state index in [1.54, 1.807) is 0 Å². The summed E-state index contributed by atoms with van der Waals surface area (Å²) in [6.07, 6.45) is 8.57. The van der Waals surface area contributed by atoms with E-state index in [2.05, 4.69) is 30.6 Å². The quantitative estimate of drug-likeness (QED) is 0.775. The van der Waals surface area contributed by atoms with Gasteiger partial charge in [0.05, 0.1) is 0 Å². The molecule has 2 fully saturated rings. The molecule has 116 valence electrons. The van der Waals surface area contributed by atoms with Crippen molar-refractivity contribution in [3.63, 3.8) is 0 Å².